The van der Waals surface area contributed by atoms with E-state index >= 15 is 0 Å². The molecule has 1 saturated carbocycles. The number of benzene rings is 1. The highest BCUT2D eigenvalue weighted by atomic mass is 35.5. The first-order valence-electron chi connectivity index (χ1n) is 15.1. The van der Waals surface area contributed by atoms with Gasteiger partial charge < -0.3 is 10.5 Å². The number of halogens is 2. The van der Waals surface area contributed by atoms with Crippen LogP contribution in [-0.2, 0) is 11.2 Å². The molecule has 5 nitrogen and oxygen atoms in total. The summed E-state index contributed by atoms with van der Waals surface area (Å²) in [6, 6.07) is 7.36. The molecule has 3 aromatic rings. The lowest BCUT2D eigenvalue weighted by Crippen LogP contribution is -2.49. The second-order valence-electron chi connectivity index (χ2n) is 14.2. The lowest BCUT2D eigenvalue weighted by Gasteiger charge is -2.50. The van der Waals surface area contributed by atoms with E-state index in [2.05, 4.69) is 55.4 Å². The number of hydrogen-bond donors (Lipinski definition) is 1. The molecule has 1 aromatic carbocycles. The molecule has 1 aliphatic carbocycles. The van der Waals surface area contributed by atoms with Crippen molar-refractivity contribution in [3.8, 4) is 11.1 Å². The van der Waals surface area contributed by atoms with E-state index in [4.69, 9.17) is 38.7 Å². The third-order valence-corrected chi connectivity index (χ3v) is 9.54. The summed E-state index contributed by atoms with van der Waals surface area (Å²) in [5.41, 5.74) is 9.48. The van der Waals surface area contributed by atoms with Crippen molar-refractivity contribution in [3.63, 3.8) is 0 Å². The average Bonchev–Trinajstić information content (AvgIpc) is 3.15. The third-order valence-electron chi connectivity index (χ3n) is 8.92. The Morgan fingerprint density at radius 3 is 2.15 bits per heavy atom. The third kappa shape index (κ3) is 6.72. The van der Waals surface area contributed by atoms with Gasteiger partial charge in [-0.15, -0.1) is 0 Å². The van der Waals surface area contributed by atoms with Gasteiger partial charge in [0.05, 0.1) is 0 Å². The molecule has 0 amide bonds. The topological polar surface area (TPSA) is 69.6 Å². The lowest BCUT2D eigenvalue weighted by atomic mass is 9.59. The second-order valence-corrected chi connectivity index (χ2v) is 15.0. The molecule has 2 N–H and O–H groups in total. The van der Waals surface area contributed by atoms with Gasteiger partial charge in [0, 0.05) is 34.2 Å². The highest BCUT2D eigenvalue weighted by Gasteiger charge is 2.48. The number of esters is 1. The molecular weight excluding hydrogens is 553 g/mol. The molecule has 0 aliphatic heterocycles. The molecule has 0 saturated heterocycles. The minimum Gasteiger partial charge on any atom is -0.458 e. The van der Waals surface area contributed by atoms with Crippen molar-refractivity contribution in [3.05, 3.63) is 51.8 Å². The Morgan fingerprint density at radius 1 is 1.02 bits per heavy atom. The number of carbonyl (C=O) groups excluding carboxylic acids is 1. The van der Waals surface area contributed by atoms with Gasteiger partial charge in [-0.2, -0.15) is 0 Å². The zero-order valence-electron chi connectivity index (χ0n) is 26.0. The monoisotopic (exact) mass is 599 g/mol. The van der Waals surface area contributed by atoms with Gasteiger partial charge in [0.1, 0.15) is 22.6 Å². The predicted molar refractivity (Wildman–Crippen MR) is 172 cm³/mol. The van der Waals surface area contributed by atoms with Crippen LogP contribution in [-0.4, -0.2) is 21.5 Å². The number of unbranched alkanes of at least 4 members (excludes halogenated alkanes) is 2. The van der Waals surface area contributed by atoms with Gasteiger partial charge in [-0.25, -0.2) is 9.78 Å². The SMILES string of the molecule is CCCCCc1cn2c(Cl)c(-c3ccc(Cl)cc3)c(C(=O)OC3C(C(C)(C)C)CC(C)CC3C(C)(C)C)c2nc1N. The number of nitrogens with zero attached hydrogens (tertiary/aromatic N) is 2. The molecule has 41 heavy (non-hydrogen) atoms. The summed E-state index contributed by atoms with van der Waals surface area (Å²) < 4.78 is 8.44. The Labute approximate surface area is 256 Å². The Balaban J connectivity index is 1.87. The Morgan fingerprint density at radius 2 is 1.61 bits per heavy atom. The number of hydrogen-bond acceptors (Lipinski definition) is 4. The second kappa shape index (κ2) is 12.2. The molecule has 4 rings (SSSR count). The van der Waals surface area contributed by atoms with Crippen LogP contribution < -0.4 is 5.73 Å². The van der Waals surface area contributed by atoms with Crippen LogP contribution >= 0.6 is 23.2 Å². The van der Waals surface area contributed by atoms with Crippen molar-refractivity contribution in [2.75, 3.05) is 5.73 Å². The molecule has 224 valence electrons. The van der Waals surface area contributed by atoms with Gasteiger partial charge in [0.15, 0.2) is 5.65 Å². The molecule has 2 atom stereocenters. The normalized spacial score (nSPS) is 21.8. The summed E-state index contributed by atoms with van der Waals surface area (Å²) in [4.78, 5) is 19.2. The van der Waals surface area contributed by atoms with Crippen molar-refractivity contribution in [2.24, 2.45) is 28.6 Å². The molecule has 2 unspecified atom stereocenters. The van der Waals surface area contributed by atoms with Gasteiger partial charge in [-0.3, -0.25) is 4.40 Å². The summed E-state index contributed by atoms with van der Waals surface area (Å²) in [7, 11) is 0. The largest absolute Gasteiger partial charge is 0.458 e. The highest BCUT2D eigenvalue weighted by Crippen LogP contribution is 2.50. The highest BCUT2D eigenvalue weighted by molar-refractivity contribution is 6.34. The van der Waals surface area contributed by atoms with Crippen molar-refractivity contribution >= 4 is 40.6 Å². The van der Waals surface area contributed by atoms with Crippen LogP contribution in [0, 0.1) is 28.6 Å². The van der Waals surface area contributed by atoms with E-state index in [0.717, 1.165) is 49.7 Å². The molecule has 1 aliphatic rings. The predicted octanol–water partition coefficient (Wildman–Crippen LogP) is 9.90. The van der Waals surface area contributed by atoms with E-state index < -0.39 is 5.97 Å². The summed E-state index contributed by atoms with van der Waals surface area (Å²) in [5.74, 6) is 0.997. The van der Waals surface area contributed by atoms with Gasteiger partial charge in [-0.1, -0.05) is 104 Å². The lowest BCUT2D eigenvalue weighted by molar-refractivity contribution is -0.0922. The number of aromatic nitrogens is 2. The number of aryl methyl sites for hydroxylation is 1. The van der Waals surface area contributed by atoms with Crippen LogP contribution in [0.3, 0.4) is 0 Å². The van der Waals surface area contributed by atoms with Crippen molar-refractivity contribution in [1.82, 2.24) is 9.38 Å². The zero-order valence-corrected chi connectivity index (χ0v) is 27.5. The molecule has 2 aromatic heterocycles. The number of anilines is 1. The van der Waals surface area contributed by atoms with Gasteiger partial charge >= 0.3 is 5.97 Å². The quantitative estimate of drug-likeness (QED) is 0.216. The zero-order chi connectivity index (χ0) is 30.3. The Kier molecular flexibility index (Phi) is 9.40. The standard InChI is InChI=1S/C34H47Cl2N3O2/c1-9-10-11-12-22-19-39-29(36)26(21-13-15-23(35)16-14-21)27(31(39)38-30(22)37)32(40)41-28-24(33(3,4)5)17-20(2)18-25(28)34(6,7)8/h13-16,19-20,24-25,28H,9-12,17-18H2,1-8H3,(H2,37,38). The molecule has 7 heteroatoms. The summed E-state index contributed by atoms with van der Waals surface area (Å²) >= 11 is 13.3. The molecular formula is C34H47Cl2N3O2. The molecule has 1 fully saturated rings. The van der Waals surface area contributed by atoms with Crippen molar-refractivity contribution in [2.45, 2.75) is 100 Å². The maximum Gasteiger partial charge on any atom is 0.342 e. The van der Waals surface area contributed by atoms with Crippen molar-refractivity contribution < 1.29 is 9.53 Å². The molecule has 0 radical (unpaired) electrons. The van der Waals surface area contributed by atoms with Gasteiger partial charge in [0.2, 0.25) is 0 Å². The minimum atomic E-state index is -0.409. The maximum absolute atomic E-state index is 14.4. The van der Waals surface area contributed by atoms with Crippen LogP contribution in [0.15, 0.2) is 30.5 Å². The van der Waals surface area contributed by atoms with Crippen LogP contribution in [0.1, 0.15) is 103 Å². The number of fused-ring (bicyclic) bond motifs is 1. The van der Waals surface area contributed by atoms with Crippen LogP contribution in [0.2, 0.25) is 10.2 Å². The number of ether oxygens (including phenoxy) is 1. The van der Waals surface area contributed by atoms with E-state index in [1.165, 1.54) is 0 Å². The van der Waals surface area contributed by atoms with Crippen LogP contribution in [0.5, 0.6) is 0 Å². The van der Waals surface area contributed by atoms with E-state index in [-0.39, 0.29) is 28.8 Å². The first kappa shape index (κ1) is 31.7. The first-order valence-corrected chi connectivity index (χ1v) is 15.8. The van der Waals surface area contributed by atoms with Crippen molar-refractivity contribution in [1.29, 1.82) is 0 Å². The fraction of sp³-hybridized carbons (Fsp3) is 0.588. The average molecular weight is 601 g/mol. The summed E-state index contributed by atoms with van der Waals surface area (Å²) in [6.45, 7) is 18.0. The molecule has 0 spiro atoms. The Hall–Kier alpha value is -2.24. The van der Waals surface area contributed by atoms with E-state index in [9.17, 15) is 4.79 Å². The molecule has 0 bridgehead atoms. The Bertz CT molecular complexity index is 1360. The van der Waals surface area contributed by atoms with Gasteiger partial charge in [0.25, 0.3) is 0 Å². The van der Waals surface area contributed by atoms with E-state index in [1.54, 1.807) is 16.5 Å². The van der Waals surface area contributed by atoms with E-state index in [0.29, 0.717) is 38.7 Å². The van der Waals surface area contributed by atoms with E-state index in [1.807, 2.05) is 18.3 Å². The smallest absolute Gasteiger partial charge is 0.342 e. The van der Waals surface area contributed by atoms with Crippen LogP contribution in [0.4, 0.5) is 5.82 Å². The fourth-order valence-corrected chi connectivity index (χ4v) is 7.03. The number of nitrogens with two attached hydrogens (primary N) is 1. The minimum absolute atomic E-state index is 0.0291. The number of rotatable bonds is 7. The first-order chi connectivity index (χ1) is 19.1. The maximum atomic E-state index is 14.4. The van der Waals surface area contributed by atoms with Gasteiger partial charge in [-0.05, 0) is 60.1 Å². The summed E-state index contributed by atoms with van der Waals surface area (Å²) in [6.07, 6.45) is 7.75. The molecule has 2 heterocycles. The summed E-state index contributed by atoms with van der Waals surface area (Å²) in [5, 5.41) is 1.02. The number of carbonyl (C=O) groups is 1. The van der Waals surface area contributed by atoms with Crippen LogP contribution in [0.25, 0.3) is 16.8 Å². The number of nitrogen functional groups attached to an aromatic ring is 1. The fourth-order valence-electron chi connectivity index (χ4n) is 6.57.